The summed E-state index contributed by atoms with van der Waals surface area (Å²) in [5.74, 6) is -1.68. The third-order valence-corrected chi connectivity index (χ3v) is 2.16. The molecule has 90 valence electrons. The van der Waals surface area contributed by atoms with Gasteiger partial charge in [-0.2, -0.15) is 0 Å². The SMILES string of the molecule is O=C(Nc1cccnc1C(=O)O)c1ccccn1. The second kappa shape index (κ2) is 5.05. The number of aromatic nitrogens is 2. The number of carboxylic acids is 1. The second-order valence-corrected chi connectivity index (χ2v) is 3.37. The highest BCUT2D eigenvalue weighted by molar-refractivity contribution is 6.06. The maximum atomic E-state index is 11.8. The van der Waals surface area contributed by atoms with Crippen LogP contribution in [-0.2, 0) is 0 Å². The van der Waals surface area contributed by atoms with Gasteiger partial charge in [0.1, 0.15) is 5.69 Å². The minimum absolute atomic E-state index is 0.139. The minimum Gasteiger partial charge on any atom is -0.476 e. The number of hydrogen-bond acceptors (Lipinski definition) is 4. The second-order valence-electron chi connectivity index (χ2n) is 3.37. The minimum atomic E-state index is -1.20. The first kappa shape index (κ1) is 11.7. The first-order chi connectivity index (χ1) is 8.68. The summed E-state index contributed by atoms with van der Waals surface area (Å²) >= 11 is 0. The van der Waals surface area contributed by atoms with Crippen LogP contribution in [0.5, 0.6) is 0 Å². The van der Waals surface area contributed by atoms with Crippen molar-refractivity contribution in [1.82, 2.24) is 9.97 Å². The fourth-order valence-electron chi connectivity index (χ4n) is 1.36. The van der Waals surface area contributed by atoms with E-state index in [-0.39, 0.29) is 17.1 Å². The number of carbonyl (C=O) groups is 2. The van der Waals surface area contributed by atoms with Gasteiger partial charge in [0.25, 0.3) is 5.91 Å². The van der Waals surface area contributed by atoms with Gasteiger partial charge in [-0.25, -0.2) is 9.78 Å². The standard InChI is InChI=1S/C12H9N3O3/c16-11(9-4-1-2-6-13-9)15-8-5-3-7-14-10(8)12(17)18/h1-7H,(H,15,16)(H,17,18). The van der Waals surface area contributed by atoms with E-state index in [1.54, 1.807) is 18.2 Å². The Balaban J connectivity index is 2.25. The van der Waals surface area contributed by atoms with Crippen LogP contribution in [0.25, 0.3) is 0 Å². The summed E-state index contributed by atoms with van der Waals surface area (Å²) in [4.78, 5) is 30.3. The maximum absolute atomic E-state index is 11.8. The number of nitrogens with zero attached hydrogens (tertiary/aromatic N) is 2. The van der Waals surface area contributed by atoms with Crippen LogP contribution < -0.4 is 5.32 Å². The molecule has 0 spiro atoms. The van der Waals surface area contributed by atoms with E-state index in [4.69, 9.17) is 5.11 Å². The fourth-order valence-corrected chi connectivity index (χ4v) is 1.36. The zero-order chi connectivity index (χ0) is 13.0. The van der Waals surface area contributed by atoms with Gasteiger partial charge in [0.2, 0.25) is 0 Å². The first-order valence-corrected chi connectivity index (χ1v) is 5.09. The molecule has 1 amide bonds. The summed E-state index contributed by atoms with van der Waals surface area (Å²) in [7, 11) is 0. The lowest BCUT2D eigenvalue weighted by molar-refractivity contribution is 0.0692. The van der Waals surface area contributed by atoms with Crippen LogP contribution in [0.4, 0.5) is 5.69 Å². The third kappa shape index (κ3) is 2.49. The lowest BCUT2D eigenvalue weighted by Crippen LogP contribution is -2.16. The molecule has 0 bridgehead atoms. The first-order valence-electron chi connectivity index (χ1n) is 5.09. The Hall–Kier alpha value is -2.76. The molecular formula is C12H9N3O3. The Morgan fingerprint density at radius 1 is 1.06 bits per heavy atom. The molecule has 6 nitrogen and oxygen atoms in total. The molecule has 18 heavy (non-hydrogen) atoms. The van der Waals surface area contributed by atoms with Crippen LogP contribution in [0.15, 0.2) is 42.7 Å². The molecule has 0 saturated carbocycles. The summed E-state index contributed by atoms with van der Waals surface area (Å²) < 4.78 is 0. The van der Waals surface area contributed by atoms with Crippen LogP contribution in [0, 0.1) is 0 Å². The van der Waals surface area contributed by atoms with Gasteiger partial charge in [-0.3, -0.25) is 9.78 Å². The molecule has 2 N–H and O–H groups in total. The molecule has 0 aromatic carbocycles. The number of hydrogen-bond donors (Lipinski definition) is 2. The molecule has 0 unspecified atom stereocenters. The van der Waals surface area contributed by atoms with E-state index >= 15 is 0 Å². The maximum Gasteiger partial charge on any atom is 0.356 e. The van der Waals surface area contributed by atoms with Crippen molar-refractivity contribution in [2.24, 2.45) is 0 Å². The molecule has 0 saturated heterocycles. The predicted octanol–water partition coefficient (Wildman–Crippen LogP) is 1.43. The Bertz CT molecular complexity index is 584. The lowest BCUT2D eigenvalue weighted by atomic mass is 10.2. The number of amides is 1. The van der Waals surface area contributed by atoms with Crippen LogP contribution in [0.2, 0.25) is 0 Å². The van der Waals surface area contributed by atoms with E-state index in [0.717, 1.165) is 0 Å². The zero-order valence-corrected chi connectivity index (χ0v) is 9.20. The average Bonchev–Trinajstić information content (AvgIpc) is 2.40. The van der Waals surface area contributed by atoms with Crippen molar-refractivity contribution in [3.05, 3.63) is 54.1 Å². The molecule has 0 aliphatic heterocycles. The van der Waals surface area contributed by atoms with Crippen molar-refractivity contribution >= 4 is 17.6 Å². The summed E-state index contributed by atoms with van der Waals surface area (Å²) in [5, 5.41) is 11.4. The van der Waals surface area contributed by atoms with Crippen molar-refractivity contribution in [2.75, 3.05) is 5.32 Å². The predicted molar refractivity (Wildman–Crippen MR) is 63.4 cm³/mol. The molecule has 2 aromatic rings. The van der Waals surface area contributed by atoms with Crippen LogP contribution in [-0.4, -0.2) is 27.0 Å². The summed E-state index contributed by atoms with van der Waals surface area (Å²) in [6, 6.07) is 7.90. The number of pyridine rings is 2. The third-order valence-electron chi connectivity index (χ3n) is 2.16. The van der Waals surface area contributed by atoms with E-state index < -0.39 is 11.9 Å². The number of nitrogens with one attached hydrogen (secondary N) is 1. The van der Waals surface area contributed by atoms with E-state index in [1.165, 1.54) is 24.5 Å². The number of aromatic carboxylic acids is 1. The van der Waals surface area contributed by atoms with Crippen molar-refractivity contribution in [2.45, 2.75) is 0 Å². The number of anilines is 1. The van der Waals surface area contributed by atoms with Crippen molar-refractivity contribution in [3.63, 3.8) is 0 Å². The largest absolute Gasteiger partial charge is 0.476 e. The van der Waals surface area contributed by atoms with Gasteiger partial charge < -0.3 is 10.4 Å². The number of rotatable bonds is 3. The van der Waals surface area contributed by atoms with E-state index in [2.05, 4.69) is 15.3 Å². The van der Waals surface area contributed by atoms with E-state index in [1.807, 2.05) is 0 Å². The zero-order valence-electron chi connectivity index (χ0n) is 9.20. The van der Waals surface area contributed by atoms with Gasteiger partial charge in [0.05, 0.1) is 5.69 Å². The highest BCUT2D eigenvalue weighted by Crippen LogP contribution is 2.13. The molecule has 0 fully saturated rings. The van der Waals surface area contributed by atoms with Gasteiger partial charge in [-0.05, 0) is 24.3 Å². The van der Waals surface area contributed by atoms with Crippen molar-refractivity contribution < 1.29 is 14.7 Å². The van der Waals surface area contributed by atoms with Gasteiger partial charge in [0, 0.05) is 12.4 Å². The molecule has 0 atom stereocenters. The van der Waals surface area contributed by atoms with Crippen molar-refractivity contribution in [3.8, 4) is 0 Å². The lowest BCUT2D eigenvalue weighted by Gasteiger charge is -2.06. The molecule has 0 radical (unpaired) electrons. The van der Waals surface area contributed by atoms with E-state index in [9.17, 15) is 9.59 Å². The molecule has 2 heterocycles. The normalized spacial score (nSPS) is 9.78. The van der Waals surface area contributed by atoms with E-state index in [0.29, 0.717) is 0 Å². The van der Waals surface area contributed by atoms with Crippen molar-refractivity contribution in [1.29, 1.82) is 0 Å². The van der Waals surface area contributed by atoms with Crippen LogP contribution >= 0.6 is 0 Å². The van der Waals surface area contributed by atoms with Crippen LogP contribution in [0.1, 0.15) is 21.0 Å². The number of carbonyl (C=O) groups excluding carboxylic acids is 1. The Morgan fingerprint density at radius 2 is 1.83 bits per heavy atom. The molecule has 0 aliphatic rings. The molecular weight excluding hydrogens is 234 g/mol. The molecule has 2 rings (SSSR count). The highest BCUT2D eigenvalue weighted by atomic mass is 16.4. The van der Waals surface area contributed by atoms with Gasteiger partial charge in [-0.1, -0.05) is 6.07 Å². The van der Waals surface area contributed by atoms with Gasteiger partial charge in [0.15, 0.2) is 5.69 Å². The Morgan fingerprint density at radius 3 is 2.50 bits per heavy atom. The fraction of sp³-hybridized carbons (Fsp3) is 0. The Labute approximate surface area is 102 Å². The summed E-state index contributed by atoms with van der Waals surface area (Å²) in [6.07, 6.45) is 2.83. The average molecular weight is 243 g/mol. The summed E-state index contributed by atoms with van der Waals surface area (Å²) in [5.41, 5.74) is 0.139. The monoisotopic (exact) mass is 243 g/mol. The Kier molecular flexibility index (Phi) is 3.29. The topological polar surface area (TPSA) is 92.2 Å². The van der Waals surface area contributed by atoms with Gasteiger partial charge in [-0.15, -0.1) is 0 Å². The van der Waals surface area contributed by atoms with Crippen LogP contribution in [0.3, 0.4) is 0 Å². The molecule has 0 aliphatic carbocycles. The van der Waals surface area contributed by atoms with Gasteiger partial charge >= 0.3 is 5.97 Å². The number of carboxylic acid groups (broad SMARTS) is 1. The summed E-state index contributed by atoms with van der Waals surface area (Å²) in [6.45, 7) is 0. The quantitative estimate of drug-likeness (QED) is 0.850. The molecule has 6 heteroatoms. The molecule has 2 aromatic heterocycles. The smallest absolute Gasteiger partial charge is 0.356 e. The highest BCUT2D eigenvalue weighted by Gasteiger charge is 2.14.